The second-order valence-electron chi connectivity index (χ2n) is 2.56. The fourth-order valence-electron chi connectivity index (χ4n) is 0.559. The Balaban J connectivity index is 3.39. The van der Waals surface area contributed by atoms with Crippen LogP contribution in [0.1, 0.15) is 20.3 Å². The topological polar surface area (TPSA) is 21.3 Å². The van der Waals surface area contributed by atoms with Crippen LogP contribution in [0.15, 0.2) is 11.8 Å². The zero-order valence-electron chi connectivity index (χ0n) is 7.27. The van der Waals surface area contributed by atoms with E-state index < -0.39 is 9.04 Å². The van der Waals surface area contributed by atoms with Crippen LogP contribution in [0.5, 0.6) is 0 Å². The summed E-state index contributed by atoms with van der Waals surface area (Å²) in [5, 5.41) is 0. The van der Waals surface area contributed by atoms with E-state index in [1.807, 2.05) is 6.92 Å². The lowest BCUT2D eigenvalue weighted by atomic mass is 10.4. The summed E-state index contributed by atoms with van der Waals surface area (Å²) in [6, 6.07) is 0. The van der Waals surface area contributed by atoms with Crippen molar-refractivity contribution >= 4 is 9.04 Å². The lowest BCUT2D eigenvalue weighted by Crippen LogP contribution is -2.20. The van der Waals surface area contributed by atoms with Gasteiger partial charge in [-0.1, -0.05) is 13.0 Å². The Morgan fingerprint density at radius 1 is 1.60 bits per heavy atom. The van der Waals surface area contributed by atoms with Gasteiger partial charge in [0.05, 0.1) is 0 Å². The van der Waals surface area contributed by atoms with Gasteiger partial charge in [-0.3, -0.25) is 5.48 Å². The molecule has 0 saturated carbocycles. The van der Waals surface area contributed by atoms with E-state index in [-0.39, 0.29) is 0 Å². The van der Waals surface area contributed by atoms with Crippen LogP contribution >= 0.6 is 0 Å². The van der Waals surface area contributed by atoms with E-state index in [2.05, 4.69) is 31.6 Å². The van der Waals surface area contributed by atoms with Crippen molar-refractivity contribution in [3.8, 4) is 0 Å². The van der Waals surface area contributed by atoms with E-state index in [9.17, 15) is 0 Å². The molecular formula is C7H17NOSi. The molecule has 0 saturated heterocycles. The predicted molar refractivity (Wildman–Crippen MR) is 47.1 cm³/mol. The second-order valence-corrected chi connectivity index (χ2v) is 4.90. The summed E-state index contributed by atoms with van der Waals surface area (Å²) in [6.07, 6.45) is 3.17. The van der Waals surface area contributed by atoms with Gasteiger partial charge >= 0.3 is 0 Å². The second kappa shape index (κ2) is 5.50. The number of hydrogen-bond acceptors (Lipinski definition) is 2. The Labute approximate surface area is 65.0 Å². The molecule has 0 fully saturated rings. The molecule has 3 heteroatoms. The molecule has 0 aliphatic heterocycles. The minimum absolute atomic E-state index is 0.904. The fraction of sp³-hybridized carbons (Fsp3) is 0.714. The molecule has 0 aromatic heterocycles. The molecule has 0 heterocycles. The third-order valence-corrected chi connectivity index (χ3v) is 1.56. The first-order valence-electron chi connectivity index (χ1n) is 3.75. The third-order valence-electron chi connectivity index (χ3n) is 0.966. The third kappa shape index (κ3) is 5.85. The molecule has 10 heavy (non-hydrogen) atoms. The van der Waals surface area contributed by atoms with Crippen LogP contribution in [0.4, 0.5) is 0 Å². The molecule has 0 aromatic carbocycles. The van der Waals surface area contributed by atoms with E-state index >= 15 is 0 Å². The Morgan fingerprint density at radius 3 is 2.60 bits per heavy atom. The van der Waals surface area contributed by atoms with Gasteiger partial charge in [-0.2, -0.15) is 0 Å². The molecule has 0 unspecified atom stereocenters. The summed E-state index contributed by atoms with van der Waals surface area (Å²) >= 11 is 0. The van der Waals surface area contributed by atoms with Gasteiger partial charge < -0.3 is 4.53 Å². The van der Waals surface area contributed by atoms with Gasteiger partial charge in [0.1, 0.15) is 0 Å². The number of hydrogen-bond donors (Lipinski definition) is 1. The first-order valence-corrected chi connectivity index (χ1v) is 6.53. The first-order chi connectivity index (χ1) is 4.66. The smallest absolute Gasteiger partial charge is 0.208 e. The summed E-state index contributed by atoms with van der Waals surface area (Å²) in [6.45, 7) is 8.39. The molecule has 0 atom stereocenters. The molecule has 0 radical (unpaired) electrons. The molecule has 2 nitrogen and oxygen atoms in total. The number of nitrogens with one attached hydrogen (secondary N) is 1. The summed E-state index contributed by atoms with van der Waals surface area (Å²) in [7, 11) is -0.904. The van der Waals surface area contributed by atoms with Crippen LogP contribution in [-0.2, 0) is 4.53 Å². The quantitative estimate of drug-likeness (QED) is 0.499. The highest BCUT2D eigenvalue weighted by Crippen LogP contribution is 1.90. The summed E-state index contributed by atoms with van der Waals surface area (Å²) in [5.41, 5.74) is 4.02. The van der Waals surface area contributed by atoms with Crippen LogP contribution in [0, 0.1) is 0 Å². The van der Waals surface area contributed by atoms with Crippen molar-refractivity contribution in [1.29, 1.82) is 0 Å². The highest BCUT2D eigenvalue weighted by atomic mass is 28.3. The number of rotatable bonds is 4. The monoisotopic (exact) mass is 159 g/mol. The Morgan fingerprint density at radius 2 is 2.20 bits per heavy atom. The van der Waals surface area contributed by atoms with Gasteiger partial charge in [0.2, 0.25) is 9.04 Å². The number of allylic oxidation sites excluding steroid dienone is 2. The minimum atomic E-state index is -0.904. The fourth-order valence-corrected chi connectivity index (χ4v) is 0.980. The normalized spacial score (nSPS) is 12.3. The van der Waals surface area contributed by atoms with Crippen molar-refractivity contribution in [1.82, 2.24) is 5.48 Å². The van der Waals surface area contributed by atoms with Gasteiger partial charge in [-0.15, -0.1) is 0 Å². The zero-order chi connectivity index (χ0) is 7.98. The van der Waals surface area contributed by atoms with Crippen LogP contribution in [0.2, 0.25) is 13.1 Å². The van der Waals surface area contributed by atoms with E-state index in [1.54, 1.807) is 0 Å². The maximum absolute atomic E-state index is 5.28. The van der Waals surface area contributed by atoms with E-state index in [1.165, 1.54) is 0 Å². The molecule has 0 rings (SSSR count). The molecule has 0 aromatic rings. The molecular weight excluding hydrogens is 142 g/mol. The van der Waals surface area contributed by atoms with Crippen molar-refractivity contribution in [3.05, 3.63) is 11.8 Å². The van der Waals surface area contributed by atoms with E-state index in [4.69, 9.17) is 4.53 Å². The number of hydroxylamine groups is 1. The van der Waals surface area contributed by atoms with E-state index in [0.29, 0.717) is 0 Å². The molecule has 1 N–H and O–H groups in total. The molecule has 0 spiro atoms. The Kier molecular flexibility index (Phi) is 5.34. The van der Waals surface area contributed by atoms with Gasteiger partial charge in [-0.05, 0) is 26.4 Å². The summed E-state index contributed by atoms with van der Waals surface area (Å²) in [4.78, 5) is 0. The molecule has 0 amide bonds. The van der Waals surface area contributed by atoms with Gasteiger partial charge in [0.25, 0.3) is 0 Å². The zero-order valence-corrected chi connectivity index (χ0v) is 8.42. The minimum Gasteiger partial charge on any atom is -0.327 e. The Bertz CT molecular complexity index is 112. The van der Waals surface area contributed by atoms with Crippen molar-refractivity contribution < 1.29 is 4.53 Å². The van der Waals surface area contributed by atoms with Crippen LogP contribution in [0.25, 0.3) is 0 Å². The van der Waals surface area contributed by atoms with Crippen molar-refractivity contribution in [3.63, 3.8) is 0 Å². The van der Waals surface area contributed by atoms with E-state index in [0.717, 1.165) is 12.1 Å². The highest BCUT2D eigenvalue weighted by Gasteiger charge is 1.93. The molecule has 60 valence electrons. The van der Waals surface area contributed by atoms with Gasteiger partial charge in [-0.25, -0.2) is 0 Å². The molecule has 0 bridgehead atoms. The lowest BCUT2D eigenvalue weighted by molar-refractivity contribution is 0.234. The summed E-state index contributed by atoms with van der Waals surface area (Å²) < 4.78 is 5.28. The Hall–Kier alpha value is -0.283. The highest BCUT2D eigenvalue weighted by molar-refractivity contribution is 6.48. The average Bonchev–Trinajstić information content (AvgIpc) is 1.85. The van der Waals surface area contributed by atoms with Crippen molar-refractivity contribution in [2.45, 2.75) is 33.4 Å². The maximum atomic E-state index is 5.28. The lowest BCUT2D eigenvalue weighted by Gasteiger charge is -2.08. The van der Waals surface area contributed by atoms with Crippen molar-refractivity contribution in [2.75, 3.05) is 0 Å². The predicted octanol–water partition coefficient (Wildman–Crippen LogP) is 1.80. The standard InChI is InChI=1S/C7H17NOSi/c1-5-6-7(2)8-9-10(3)4/h6,8,10H,5H2,1-4H3. The SMILES string of the molecule is CCC=C(C)NO[SiH](C)C. The van der Waals surface area contributed by atoms with Gasteiger partial charge in [0, 0.05) is 5.70 Å². The van der Waals surface area contributed by atoms with Crippen LogP contribution < -0.4 is 5.48 Å². The van der Waals surface area contributed by atoms with Crippen LogP contribution in [-0.4, -0.2) is 9.04 Å². The molecule has 0 aliphatic rings. The maximum Gasteiger partial charge on any atom is 0.208 e. The molecule has 0 aliphatic carbocycles. The van der Waals surface area contributed by atoms with Crippen LogP contribution in [0.3, 0.4) is 0 Å². The van der Waals surface area contributed by atoms with Crippen molar-refractivity contribution in [2.24, 2.45) is 0 Å². The average molecular weight is 159 g/mol. The summed E-state index contributed by atoms with van der Waals surface area (Å²) in [5.74, 6) is 0. The first kappa shape index (κ1) is 9.72. The largest absolute Gasteiger partial charge is 0.327 e. The van der Waals surface area contributed by atoms with Gasteiger partial charge in [0.15, 0.2) is 0 Å².